The van der Waals surface area contributed by atoms with Gasteiger partial charge in [-0.3, -0.25) is 4.31 Å². The van der Waals surface area contributed by atoms with Crippen LogP contribution >= 0.6 is 0 Å². The summed E-state index contributed by atoms with van der Waals surface area (Å²) in [6.07, 6.45) is 0. The standard InChI is InChI=1S/C20H16FNO3S/c21-17-10-6-15(7-11-17)14-22(26(25)19-4-2-1-3-5-19)18-12-8-16(9-13-18)20(23)24/h1-13H,14H2,(H,23,24). The van der Waals surface area contributed by atoms with Crippen molar-refractivity contribution < 1.29 is 18.5 Å². The van der Waals surface area contributed by atoms with Crippen LogP contribution in [0.2, 0.25) is 0 Å². The van der Waals surface area contributed by atoms with Crippen LogP contribution < -0.4 is 4.31 Å². The van der Waals surface area contributed by atoms with Crippen molar-refractivity contribution in [3.8, 4) is 0 Å². The van der Waals surface area contributed by atoms with E-state index in [1.807, 2.05) is 6.07 Å². The third-order valence-corrected chi connectivity index (χ3v) is 5.20. The van der Waals surface area contributed by atoms with Crippen molar-refractivity contribution in [2.45, 2.75) is 11.4 Å². The van der Waals surface area contributed by atoms with Gasteiger partial charge in [0.1, 0.15) is 5.82 Å². The lowest BCUT2D eigenvalue weighted by Crippen LogP contribution is -2.25. The average molecular weight is 369 g/mol. The van der Waals surface area contributed by atoms with Gasteiger partial charge in [-0.2, -0.15) is 0 Å². The van der Waals surface area contributed by atoms with Gasteiger partial charge in [0.15, 0.2) is 11.0 Å². The van der Waals surface area contributed by atoms with E-state index in [4.69, 9.17) is 5.11 Å². The van der Waals surface area contributed by atoms with Crippen molar-refractivity contribution >= 4 is 22.6 Å². The van der Waals surface area contributed by atoms with Gasteiger partial charge in [0.05, 0.1) is 22.7 Å². The van der Waals surface area contributed by atoms with Crippen LogP contribution in [0.15, 0.2) is 83.8 Å². The van der Waals surface area contributed by atoms with Crippen LogP contribution in [0.25, 0.3) is 0 Å². The number of carbonyl (C=O) groups is 1. The quantitative estimate of drug-likeness (QED) is 0.707. The van der Waals surface area contributed by atoms with E-state index in [2.05, 4.69) is 0 Å². The lowest BCUT2D eigenvalue weighted by molar-refractivity contribution is 0.0697. The highest BCUT2D eigenvalue weighted by Gasteiger charge is 2.17. The fourth-order valence-corrected chi connectivity index (χ4v) is 3.66. The molecule has 3 aromatic rings. The number of hydrogen-bond acceptors (Lipinski definition) is 2. The molecule has 1 atom stereocenters. The summed E-state index contributed by atoms with van der Waals surface area (Å²) in [5, 5.41) is 9.05. The SMILES string of the molecule is O=C(O)c1ccc(N(Cc2ccc(F)cc2)S(=O)c2ccccc2)cc1. The zero-order chi connectivity index (χ0) is 18.5. The first-order chi connectivity index (χ1) is 12.5. The van der Waals surface area contributed by atoms with Crippen LogP contribution in [0.5, 0.6) is 0 Å². The fraction of sp³-hybridized carbons (Fsp3) is 0.0500. The molecule has 0 aliphatic carbocycles. The molecule has 0 heterocycles. The summed E-state index contributed by atoms with van der Waals surface area (Å²) in [6, 6.07) is 21.1. The van der Waals surface area contributed by atoms with Gasteiger partial charge in [-0.05, 0) is 54.1 Å². The fourth-order valence-electron chi connectivity index (χ4n) is 2.44. The zero-order valence-electron chi connectivity index (χ0n) is 13.7. The van der Waals surface area contributed by atoms with Crippen LogP contribution in [-0.2, 0) is 17.5 Å². The Morgan fingerprint density at radius 3 is 2.12 bits per heavy atom. The number of aromatic carboxylic acids is 1. The first-order valence-corrected chi connectivity index (χ1v) is 8.97. The van der Waals surface area contributed by atoms with Gasteiger partial charge in [0.2, 0.25) is 0 Å². The van der Waals surface area contributed by atoms with Crippen LogP contribution in [0.3, 0.4) is 0 Å². The minimum atomic E-state index is -1.50. The van der Waals surface area contributed by atoms with E-state index in [1.165, 1.54) is 24.3 Å². The van der Waals surface area contributed by atoms with Crippen LogP contribution in [-0.4, -0.2) is 15.3 Å². The molecule has 0 aliphatic heterocycles. The van der Waals surface area contributed by atoms with Crippen molar-refractivity contribution in [1.29, 1.82) is 0 Å². The maximum Gasteiger partial charge on any atom is 0.335 e. The van der Waals surface area contributed by atoms with Crippen LogP contribution in [0.4, 0.5) is 10.1 Å². The smallest absolute Gasteiger partial charge is 0.335 e. The number of hydrogen-bond donors (Lipinski definition) is 1. The second-order valence-electron chi connectivity index (χ2n) is 5.58. The highest BCUT2D eigenvalue weighted by molar-refractivity contribution is 7.86. The summed E-state index contributed by atoms with van der Waals surface area (Å²) in [6.45, 7) is 0.286. The van der Waals surface area contributed by atoms with Crippen molar-refractivity contribution in [2.24, 2.45) is 0 Å². The summed E-state index contributed by atoms with van der Waals surface area (Å²) in [5.74, 6) is -1.36. The second-order valence-corrected chi connectivity index (χ2v) is 6.99. The minimum Gasteiger partial charge on any atom is -0.478 e. The van der Waals surface area contributed by atoms with Gasteiger partial charge in [0.25, 0.3) is 0 Å². The molecule has 26 heavy (non-hydrogen) atoms. The maximum atomic E-state index is 13.2. The topological polar surface area (TPSA) is 57.6 Å². The van der Waals surface area contributed by atoms with Crippen molar-refractivity contribution in [3.63, 3.8) is 0 Å². The minimum absolute atomic E-state index is 0.154. The van der Waals surface area contributed by atoms with E-state index in [-0.39, 0.29) is 17.9 Å². The Kier molecular flexibility index (Phi) is 5.43. The molecule has 3 rings (SSSR count). The summed E-state index contributed by atoms with van der Waals surface area (Å²) >= 11 is 0. The molecule has 0 amide bonds. The normalized spacial score (nSPS) is 11.7. The lowest BCUT2D eigenvalue weighted by Gasteiger charge is -2.24. The summed E-state index contributed by atoms with van der Waals surface area (Å²) in [4.78, 5) is 11.7. The Bertz CT molecular complexity index is 912. The monoisotopic (exact) mass is 369 g/mol. The van der Waals surface area contributed by atoms with Gasteiger partial charge in [-0.25, -0.2) is 13.4 Å². The number of anilines is 1. The van der Waals surface area contributed by atoms with E-state index in [9.17, 15) is 13.4 Å². The van der Waals surface area contributed by atoms with E-state index >= 15 is 0 Å². The van der Waals surface area contributed by atoms with Crippen molar-refractivity contribution in [2.75, 3.05) is 4.31 Å². The third kappa shape index (κ3) is 4.15. The Labute approximate surface area is 153 Å². The summed E-state index contributed by atoms with van der Waals surface area (Å²) < 4.78 is 27.9. The molecule has 0 bridgehead atoms. The van der Waals surface area contributed by atoms with Gasteiger partial charge in [0, 0.05) is 0 Å². The molecule has 0 aromatic heterocycles. The highest BCUT2D eigenvalue weighted by Crippen LogP contribution is 2.24. The molecular formula is C20H16FNO3S. The summed E-state index contributed by atoms with van der Waals surface area (Å²) in [7, 11) is -1.50. The lowest BCUT2D eigenvalue weighted by atomic mass is 10.2. The molecule has 132 valence electrons. The maximum absolute atomic E-state index is 13.2. The second kappa shape index (κ2) is 7.93. The predicted molar refractivity (Wildman–Crippen MR) is 98.8 cm³/mol. The van der Waals surface area contributed by atoms with Gasteiger partial charge >= 0.3 is 5.97 Å². The third-order valence-electron chi connectivity index (χ3n) is 3.79. The number of halogens is 1. The first-order valence-electron chi connectivity index (χ1n) is 7.87. The van der Waals surface area contributed by atoms with E-state index < -0.39 is 17.0 Å². The molecular weight excluding hydrogens is 353 g/mol. The molecule has 4 nitrogen and oxygen atoms in total. The predicted octanol–water partition coefficient (Wildman–Crippen LogP) is 4.25. The molecule has 3 aromatic carbocycles. The number of carboxylic acid groups (broad SMARTS) is 1. The molecule has 0 fully saturated rings. The van der Waals surface area contributed by atoms with Crippen molar-refractivity contribution in [1.82, 2.24) is 0 Å². The highest BCUT2D eigenvalue weighted by atomic mass is 32.2. The number of rotatable bonds is 6. The molecule has 0 aliphatic rings. The first kappa shape index (κ1) is 17.8. The van der Waals surface area contributed by atoms with Gasteiger partial charge in [-0.1, -0.05) is 30.3 Å². The molecule has 0 radical (unpaired) electrons. The Morgan fingerprint density at radius 2 is 1.54 bits per heavy atom. The molecule has 0 saturated heterocycles. The molecule has 1 unspecified atom stereocenters. The van der Waals surface area contributed by atoms with Gasteiger partial charge < -0.3 is 5.11 Å². The zero-order valence-corrected chi connectivity index (χ0v) is 14.5. The molecule has 0 spiro atoms. The van der Waals surface area contributed by atoms with Crippen molar-refractivity contribution in [3.05, 3.63) is 95.8 Å². The van der Waals surface area contributed by atoms with Gasteiger partial charge in [-0.15, -0.1) is 0 Å². The average Bonchev–Trinajstić information content (AvgIpc) is 2.68. The van der Waals surface area contributed by atoms with Crippen LogP contribution in [0.1, 0.15) is 15.9 Å². The summed E-state index contributed by atoms with van der Waals surface area (Å²) in [5.41, 5.74) is 1.56. The Hall–Kier alpha value is -2.99. The Balaban J connectivity index is 1.96. The van der Waals surface area contributed by atoms with E-state index in [0.717, 1.165) is 5.56 Å². The Morgan fingerprint density at radius 1 is 0.923 bits per heavy atom. The van der Waals surface area contributed by atoms with Crippen LogP contribution in [0, 0.1) is 5.82 Å². The largest absolute Gasteiger partial charge is 0.478 e. The number of benzene rings is 3. The van der Waals surface area contributed by atoms with E-state index in [1.54, 1.807) is 52.8 Å². The number of nitrogens with zero attached hydrogens (tertiary/aromatic N) is 1. The van der Waals surface area contributed by atoms with E-state index in [0.29, 0.717) is 10.6 Å². The molecule has 0 saturated carbocycles. The molecule has 1 N–H and O–H groups in total. The number of carboxylic acids is 1. The molecule has 6 heteroatoms.